The molecule has 0 saturated carbocycles. The van der Waals surface area contributed by atoms with Gasteiger partial charge in [-0.25, -0.2) is 0 Å². The van der Waals surface area contributed by atoms with Gasteiger partial charge in [-0.15, -0.1) is 0 Å². The maximum atomic E-state index is 9.88. The molecule has 0 radical (unpaired) electrons. The highest BCUT2D eigenvalue weighted by molar-refractivity contribution is 5.67. The number of carbonyl (C=O) groups is 1. The van der Waals surface area contributed by atoms with Gasteiger partial charge in [-0.3, -0.25) is 4.79 Å². The fourth-order valence-electron chi connectivity index (χ4n) is 0.334. The van der Waals surface area contributed by atoms with E-state index in [2.05, 4.69) is 0 Å². The summed E-state index contributed by atoms with van der Waals surface area (Å²) in [6.45, 7) is -0.251. The summed E-state index contributed by atoms with van der Waals surface area (Å²) in [5.74, 6) is -1.16. The molecule has 0 rings (SSSR count). The van der Waals surface area contributed by atoms with E-state index < -0.39 is 18.1 Å². The van der Waals surface area contributed by atoms with Crippen molar-refractivity contribution in [1.82, 2.24) is 0 Å². The molecule has 0 spiro atoms. The van der Waals surface area contributed by atoms with Crippen molar-refractivity contribution >= 4 is 5.97 Å². The molecule has 0 aromatic rings. The third-order valence-corrected chi connectivity index (χ3v) is 0.811. The van der Waals surface area contributed by atoms with E-state index in [0.29, 0.717) is 0 Å². The minimum absolute atomic E-state index is 0.251. The van der Waals surface area contributed by atoms with E-state index in [0.717, 1.165) is 0 Å². The number of carboxylic acids is 1. The number of aliphatic hydroxyl groups is 1. The molecule has 0 fully saturated rings. The van der Waals surface area contributed by atoms with Crippen molar-refractivity contribution in [3.8, 4) is 0 Å². The molecule has 0 aliphatic carbocycles. The zero-order valence-electron chi connectivity index (χ0n) is 4.87. The Morgan fingerprint density at radius 1 is 1.67 bits per heavy atom. The number of nitrogens with two attached hydrogens (primary N) is 2. The Bertz CT molecular complexity index is 112. The molecule has 6 N–H and O–H groups in total. The number of hydrogen-bond acceptors (Lipinski definition) is 4. The molecule has 5 heteroatoms. The van der Waals surface area contributed by atoms with E-state index >= 15 is 0 Å². The van der Waals surface area contributed by atoms with Crippen LogP contribution in [0.1, 0.15) is 6.42 Å². The van der Waals surface area contributed by atoms with Crippen molar-refractivity contribution < 1.29 is 15.0 Å². The quantitative estimate of drug-likeness (QED) is 0.336. The number of carboxylic acid groups (broad SMARTS) is 1. The molecule has 0 saturated heterocycles. The first-order valence-electron chi connectivity index (χ1n) is 2.41. The fraction of sp³-hybridized carbons (Fsp3) is 0.750. The molecule has 0 heterocycles. The lowest BCUT2D eigenvalue weighted by Crippen LogP contribution is -2.48. The van der Waals surface area contributed by atoms with Crippen LogP contribution in [-0.4, -0.2) is 28.5 Å². The van der Waals surface area contributed by atoms with Crippen LogP contribution in [0.25, 0.3) is 0 Å². The van der Waals surface area contributed by atoms with Crippen LogP contribution in [0, 0.1) is 0 Å². The van der Waals surface area contributed by atoms with Crippen LogP contribution in [0.5, 0.6) is 0 Å². The molecule has 1 unspecified atom stereocenters. The second kappa shape index (κ2) is 2.77. The fourth-order valence-corrected chi connectivity index (χ4v) is 0.334. The largest absolute Gasteiger partial charge is 0.481 e. The lowest BCUT2D eigenvalue weighted by Gasteiger charge is -2.17. The van der Waals surface area contributed by atoms with Crippen LogP contribution in [-0.2, 0) is 4.79 Å². The van der Waals surface area contributed by atoms with Crippen molar-refractivity contribution in [2.24, 2.45) is 11.5 Å². The minimum atomic E-state index is -1.76. The van der Waals surface area contributed by atoms with E-state index in [-0.39, 0.29) is 6.54 Å². The van der Waals surface area contributed by atoms with Gasteiger partial charge >= 0.3 is 5.97 Å². The van der Waals surface area contributed by atoms with Gasteiger partial charge in [0.15, 0.2) is 0 Å². The zero-order valence-corrected chi connectivity index (χ0v) is 4.87. The average molecular weight is 134 g/mol. The average Bonchev–Trinajstić information content (AvgIpc) is 1.63. The van der Waals surface area contributed by atoms with Crippen LogP contribution in [0.3, 0.4) is 0 Å². The highest BCUT2D eigenvalue weighted by Crippen LogP contribution is 1.97. The molecule has 0 aromatic carbocycles. The van der Waals surface area contributed by atoms with Gasteiger partial charge in [0.2, 0.25) is 0 Å². The number of aliphatic carboxylic acids is 1. The van der Waals surface area contributed by atoms with Crippen LogP contribution in [0.15, 0.2) is 0 Å². The Morgan fingerprint density at radius 3 is 2.22 bits per heavy atom. The third kappa shape index (κ3) is 3.89. The first-order chi connectivity index (χ1) is 3.98. The Kier molecular flexibility index (Phi) is 2.57. The SMILES string of the molecule is NCC(N)(O)CC(=O)O. The summed E-state index contributed by atoms with van der Waals surface area (Å²) in [6, 6.07) is 0. The van der Waals surface area contributed by atoms with Crippen molar-refractivity contribution in [2.75, 3.05) is 6.54 Å². The molecular formula is C4H10N2O3. The molecule has 0 aliphatic heterocycles. The van der Waals surface area contributed by atoms with E-state index in [9.17, 15) is 4.79 Å². The molecule has 0 bridgehead atoms. The Labute approximate surface area is 52.3 Å². The Morgan fingerprint density at radius 2 is 2.11 bits per heavy atom. The molecule has 0 aromatic heterocycles. The number of rotatable bonds is 3. The third-order valence-electron chi connectivity index (χ3n) is 0.811. The van der Waals surface area contributed by atoms with Gasteiger partial charge in [0.25, 0.3) is 0 Å². The maximum Gasteiger partial charge on any atom is 0.307 e. The van der Waals surface area contributed by atoms with Gasteiger partial charge in [0.05, 0.1) is 6.42 Å². The lowest BCUT2D eigenvalue weighted by atomic mass is 10.2. The highest BCUT2D eigenvalue weighted by Gasteiger charge is 2.22. The molecular weight excluding hydrogens is 124 g/mol. The van der Waals surface area contributed by atoms with Crippen molar-refractivity contribution in [3.05, 3.63) is 0 Å². The normalized spacial score (nSPS) is 16.8. The van der Waals surface area contributed by atoms with E-state index in [1.54, 1.807) is 0 Å². The molecule has 9 heavy (non-hydrogen) atoms. The zero-order chi connectivity index (χ0) is 7.49. The molecule has 0 aliphatic rings. The summed E-state index contributed by atoms with van der Waals surface area (Å²) < 4.78 is 0. The van der Waals surface area contributed by atoms with Gasteiger partial charge in [0, 0.05) is 6.54 Å². The van der Waals surface area contributed by atoms with E-state index in [1.165, 1.54) is 0 Å². The first-order valence-corrected chi connectivity index (χ1v) is 2.41. The van der Waals surface area contributed by atoms with Gasteiger partial charge in [0.1, 0.15) is 5.72 Å². The van der Waals surface area contributed by atoms with Crippen molar-refractivity contribution in [3.63, 3.8) is 0 Å². The molecule has 54 valence electrons. The Balaban J connectivity index is 3.71. The topological polar surface area (TPSA) is 110 Å². The summed E-state index contributed by atoms with van der Waals surface area (Å²) >= 11 is 0. The molecule has 5 nitrogen and oxygen atoms in total. The second-order valence-corrected chi connectivity index (χ2v) is 1.88. The maximum absolute atomic E-state index is 9.88. The standard InChI is InChI=1S/C4H10N2O3/c5-2-4(6,9)1-3(7)8/h9H,1-2,5-6H2,(H,7,8). The van der Waals surface area contributed by atoms with Gasteiger partial charge in [-0.2, -0.15) is 0 Å². The summed E-state index contributed by atoms with van der Waals surface area (Å²) in [4.78, 5) is 9.88. The highest BCUT2D eigenvalue weighted by atomic mass is 16.4. The van der Waals surface area contributed by atoms with E-state index in [1.807, 2.05) is 0 Å². The second-order valence-electron chi connectivity index (χ2n) is 1.88. The summed E-state index contributed by atoms with van der Waals surface area (Å²) in [5.41, 5.74) is 8.12. The van der Waals surface area contributed by atoms with Crippen molar-refractivity contribution in [2.45, 2.75) is 12.1 Å². The number of hydrogen-bond donors (Lipinski definition) is 4. The predicted molar refractivity (Wildman–Crippen MR) is 30.4 cm³/mol. The summed E-state index contributed by atoms with van der Waals surface area (Å²) in [6.07, 6.45) is -0.524. The lowest BCUT2D eigenvalue weighted by molar-refractivity contribution is -0.141. The minimum Gasteiger partial charge on any atom is -0.481 e. The van der Waals surface area contributed by atoms with Crippen LogP contribution in [0.2, 0.25) is 0 Å². The van der Waals surface area contributed by atoms with Gasteiger partial charge in [-0.05, 0) is 0 Å². The monoisotopic (exact) mass is 134 g/mol. The first kappa shape index (κ1) is 8.35. The van der Waals surface area contributed by atoms with E-state index in [4.69, 9.17) is 21.7 Å². The molecule has 1 atom stereocenters. The smallest absolute Gasteiger partial charge is 0.307 e. The molecule has 0 amide bonds. The van der Waals surface area contributed by atoms with Gasteiger partial charge in [-0.1, -0.05) is 0 Å². The summed E-state index contributed by atoms with van der Waals surface area (Å²) in [7, 11) is 0. The van der Waals surface area contributed by atoms with Crippen molar-refractivity contribution in [1.29, 1.82) is 0 Å². The summed E-state index contributed by atoms with van der Waals surface area (Å²) in [5, 5.41) is 16.9. The van der Waals surface area contributed by atoms with Gasteiger partial charge < -0.3 is 21.7 Å². The predicted octanol–water partition coefficient (Wildman–Crippen LogP) is -1.93. The van der Waals surface area contributed by atoms with Crippen LogP contribution >= 0.6 is 0 Å². The van der Waals surface area contributed by atoms with Crippen LogP contribution in [0.4, 0.5) is 0 Å². The van der Waals surface area contributed by atoms with Crippen LogP contribution < -0.4 is 11.5 Å². The Hall–Kier alpha value is -0.650.